The van der Waals surface area contributed by atoms with Gasteiger partial charge in [0.05, 0.1) is 16.6 Å². The van der Waals surface area contributed by atoms with Crippen LogP contribution in [0.3, 0.4) is 0 Å². The Kier molecular flexibility index (Phi) is 3.22. The van der Waals surface area contributed by atoms with E-state index >= 15 is 0 Å². The fourth-order valence-corrected chi connectivity index (χ4v) is 2.43. The molecule has 5 heteroatoms. The first-order valence-corrected chi connectivity index (χ1v) is 6.62. The molecule has 0 saturated heterocycles. The molecule has 1 heterocycles. The summed E-state index contributed by atoms with van der Waals surface area (Å²) in [5.41, 5.74) is 8.93. The second-order valence-corrected chi connectivity index (χ2v) is 5.10. The molecule has 0 spiro atoms. The van der Waals surface area contributed by atoms with Gasteiger partial charge in [-0.1, -0.05) is 6.07 Å². The first-order chi connectivity index (χ1) is 10.0. The maximum absolute atomic E-state index is 14.1. The molecule has 0 bridgehead atoms. The van der Waals surface area contributed by atoms with E-state index in [1.807, 2.05) is 25.2 Å². The van der Waals surface area contributed by atoms with Gasteiger partial charge in [-0.3, -0.25) is 0 Å². The number of nitrogens with two attached hydrogens (primary N) is 1. The highest BCUT2D eigenvalue weighted by atomic mass is 19.1. The van der Waals surface area contributed by atoms with E-state index in [2.05, 4.69) is 4.98 Å². The van der Waals surface area contributed by atoms with E-state index in [9.17, 15) is 8.78 Å². The van der Waals surface area contributed by atoms with Crippen molar-refractivity contribution < 1.29 is 8.78 Å². The number of halogens is 2. The lowest BCUT2D eigenvalue weighted by molar-refractivity contribution is 0.578. The van der Waals surface area contributed by atoms with Gasteiger partial charge in [-0.15, -0.1) is 0 Å². The van der Waals surface area contributed by atoms with Crippen LogP contribution >= 0.6 is 0 Å². The zero-order valence-corrected chi connectivity index (χ0v) is 11.8. The molecule has 3 nitrogen and oxygen atoms in total. The van der Waals surface area contributed by atoms with Gasteiger partial charge in [0.25, 0.3) is 0 Å². The Balaban J connectivity index is 2.26. The predicted octanol–water partition coefficient (Wildman–Crippen LogP) is 3.29. The molecule has 0 saturated carbocycles. The first kappa shape index (κ1) is 13.7. The molecule has 0 aliphatic carbocycles. The molecule has 108 valence electrons. The maximum Gasteiger partial charge on any atom is 0.143 e. The van der Waals surface area contributed by atoms with Crippen LogP contribution in [0.2, 0.25) is 0 Å². The number of rotatable bonds is 2. The number of aryl methyl sites for hydroxylation is 2. The van der Waals surface area contributed by atoms with Crippen LogP contribution in [-0.4, -0.2) is 9.55 Å². The van der Waals surface area contributed by atoms with Crippen molar-refractivity contribution >= 4 is 11.0 Å². The van der Waals surface area contributed by atoms with E-state index in [1.54, 1.807) is 11.5 Å². The Labute approximate surface area is 121 Å². The molecule has 3 rings (SSSR count). The summed E-state index contributed by atoms with van der Waals surface area (Å²) in [5, 5.41) is 0. The number of imidazole rings is 1. The Morgan fingerprint density at radius 2 is 1.90 bits per heavy atom. The van der Waals surface area contributed by atoms with E-state index in [1.165, 1.54) is 6.07 Å². The van der Waals surface area contributed by atoms with E-state index in [0.29, 0.717) is 23.5 Å². The van der Waals surface area contributed by atoms with E-state index in [-0.39, 0.29) is 0 Å². The molecule has 3 aromatic rings. The molecule has 0 fully saturated rings. The number of hydrogen-bond acceptors (Lipinski definition) is 2. The highest BCUT2D eigenvalue weighted by Gasteiger charge is 2.16. The molecule has 0 unspecified atom stereocenters. The topological polar surface area (TPSA) is 43.8 Å². The molecule has 0 amide bonds. The minimum absolute atomic E-state index is 0.293. The SMILES string of the molecule is Cc1cc(-c2nc3ccc(CN)cc3n2C)c(F)cc1F. The van der Waals surface area contributed by atoms with Crippen molar-refractivity contribution in [2.45, 2.75) is 13.5 Å². The molecule has 2 aromatic carbocycles. The van der Waals surface area contributed by atoms with Gasteiger partial charge in [0, 0.05) is 19.7 Å². The summed E-state index contributed by atoms with van der Waals surface area (Å²) in [7, 11) is 1.81. The van der Waals surface area contributed by atoms with Crippen molar-refractivity contribution in [3.8, 4) is 11.4 Å². The van der Waals surface area contributed by atoms with E-state index in [4.69, 9.17) is 5.73 Å². The third kappa shape index (κ3) is 2.19. The highest BCUT2D eigenvalue weighted by Crippen LogP contribution is 2.28. The third-order valence-electron chi connectivity index (χ3n) is 3.67. The van der Waals surface area contributed by atoms with Crippen molar-refractivity contribution in [2.75, 3.05) is 0 Å². The summed E-state index contributed by atoms with van der Waals surface area (Å²) in [6.45, 7) is 2.04. The van der Waals surface area contributed by atoms with Gasteiger partial charge in [-0.05, 0) is 36.2 Å². The van der Waals surface area contributed by atoms with Crippen LogP contribution in [-0.2, 0) is 13.6 Å². The standard InChI is InChI=1S/C16H15F2N3/c1-9-5-11(13(18)7-12(9)17)16-20-14-4-3-10(8-19)6-15(14)21(16)2/h3-7H,8,19H2,1-2H3. The summed E-state index contributed by atoms with van der Waals surface area (Å²) >= 11 is 0. The molecule has 1 aromatic heterocycles. The van der Waals surface area contributed by atoms with Crippen LogP contribution in [0.25, 0.3) is 22.4 Å². The Bertz CT molecular complexity index is 837. The minimum Gasteiger partial charge on any atom is -0.327 e. The van der Waals surface area contributed by atoms with Crippen LogP contribution in [0.5, 0.6) is 0 Å². The summed E-state index contributed by atoms with van der Waals surface area (Å²) in [5.74, 6) is -0.698. The van der Waals surface area contributed by atoms with Crippen LogP contribution in [0.15, 0.2) is 30.3 Å². The van der Waals surface area contributed by atoms with Gasteiger partial charge in [-0.2, -0.15) is 0 Å². The number of nitrogens with zero attached hydrogens (tertiary/aromatic N) is 2. The number of fused-ring (bicyclic) bond motifs is 1. The second kappa shape index (κ2) is 4.93. The van der Waals surface area contributed by atoms with Crippen molar-refractivity contribution in [3.63, 3.8) is 0 Å². The summed E-state index contributed by atoms with van der Waals surface area (Å²) in [6.07, 6.45) is 0. The lowest BCUT2D eigenvalue weighted by atomic mass is 10.1. The molecular weight excluding hydrogens is 272 g/mol. The van der Waals surface area contributed by atoms with Crippen molar-refractivity contribution in [1.82, 2.24) is 9.55 Å². The maximum atomic E-state index is 14.1. The lowest BCUT2D eigenvalue weighted by Crippen LogP contribution is -1.98. The minimum atomic E-state index is -0.615. The molecule has 0 aliphatic heterocycles. The van der Waals surface area contributed by atoms with Crippen molar-refractivity contribution in [2.24, 2.45) is 12.8 Å². The average Bonchev–Trinajstić information content (AvgIpc) is 2.79. The van der Waals surface area contributed by atoms with Gasteiger partial charge in [0.2, 0.25) is 0 Å². The lowest BCUT2D eigenvalue weighted by Gasteiger charge is -2.06. The summed E-state index contributed by atoms with van der Waals surface area (Å²) in [4.78, 5) is 4.45. The van der Waals surface area contributed by atoms with Gasteiger partial charge < -0.3 is 10.3 Å². The van der Waals surface area contributed by atoms with Crippen molar-refractivity contribution in [1.29, 1.82) is 0 Å². The third-order valence-corrected chi connectivity index (χ3v) is 3.67. The van der Waals surface area contributed by atoms with Gasteiger partial charge in [0.15, 0.2) is 0 Å². The predicted molar refractivity (Wildman–Crippen MR) is 78.7 cm³/mol. The Morgan fingerprint density at radius 3 is 2.62 bits per heavy atom. The number of benzene rings is 2. The van der Waals surface area contributed by atoms with Gasteiger partial charge >= 0.3 is 0 Å². The number of aromatic nitrogens is 2. The molecule has 0 radical (unpaired) electrons. The molecule has 0 atom stereocenters. The van der Waals surface area contributed by atoms with Crippen LogP contribution in [0, 0.1) is 18.6 Å². The van der Waals surface area contributed by atoms with Gasteiger partial charge in [-0.25, -0.2) is 13.8 Å². The monoisotopic (exact) mass is 287 g/mol. The summed E-state index contributed by atoms with van der Waals surface area (Å²) < 4.78 is 29.3. The first-order valence-electron chi connectivity index (χ1n) is 6.62. The molecule has 21 heavy (non-hydrogen) atoms. The fraction of sp³-hybridized carbons (Fsp3) is 0.188. The van der Waals surface area contributed by atoms with Crippen LogP contribution in [0.1, 0.15) is 11.1 Å². The molecular formula is C16H15F2N3. The highest BCUT2D eigenvalue weighted by molar-refractivity contribution is 5.81. The Hall–Kier alpha value is -2.27. The smallest absolute Gasteiger partial charge is 0.143 e. The average molecular weight is 287 g/mol. The quantitative estimate of drug-likeness (QED) is 0.786. The normalized spacial score (nSPS) is 11.3. The molecule has 2 N–H and O–H groups in total. The van der Waals surface area contributed by atoms with E-state index < -0.39 is 11.6 Å². The largest absolute Gasteiger partial charge is 0.327 e. The van der Waals surface area contributed by atoms with E-state index in [0.717, 1.165) is 22.7 Å². The summed E-state index contributed by atoms with van der Waals surface area (Å²) in [6, 6.07) is 8.06. The van der Waals surface area contributed by atoms with Gasteiger partial charge in [0.1, 0.15) is 17.5 Å². The molecule has 0 aliphatic rings. The van der Waals surface area contributed by atoms with Crippen LogP contribution in [0.4, 0.5) is 8.78 Å². The fourth-order valence-electron chi connectivity index (χ4n) is 2.43. The van der Waals surface area contributed by atoms with Crippen LogP contribution < -0.4 is 5.73 Å². The second-order valence-electron chi connectivity index (χ2n) is 5.10. The van der Waals surface area contributed by atoms with Crippen molar-refractivity contribution in [3.05, 3.63) is 53.1 Å². The Morgan fingerprint density at radius 1 is 1.14 bits per heavy atom. The zero-order chi connectivity index (χ0) is 15.1. The number of hydrogen-bond donors (Lipinski definition) is 1. The zero-order valence-electron chi connectivity index (χ0n) is 11.8.